The molecule has 0 aliphatic carbocycles. The highest BCUT2D eigenvalue weighted by molar-refractivity contribution is 5.76. The third-order valence-corrected chi connectivity index (χ3v) is 4.22. The zero-order chi connectivity index (χ0) is 17.9. The molecule has 0 spiro atoms. The molecule has 2 heterocycles. The molecule has 2 rings (SSSR count). The number of carboxylic acid groups (broad SMARTS) is 1. The maximum Gasteiger partial charge on any atom is 0.410 e. The molecule has 1 atom stereocenters. The summed E-state index contributed by atoms with van der Waals surface area (Å²) in [6.45, 7) is 8.42. The van der Waals surface area contributed by atoms with E-state index in [4.69, 9.17) is 9.84 Å². The van der Waals surface area contributed by atoms with Gasteiger partial charge in [-0.15, -0.1) is 0 Å². The summed E-state index contributed by atoms with van der Waals surface area (Å²) in [4.78, 5) is 40.4. The molecule has 1 N–H and O–H groups in total. The molecule has 0 aromatic carbocycles. The number of hydrogen-bond donors (Lipinski definition) is 1. The molecule has 0 radical (unpaired) electrons. The zero-order valence-electron chi connectivity index (χ0n) is 14.7. The summed E-state index contributed by atoms with van der Waals surface area (Å²) in [7, 11) is 0. The lowest BCUT2D eigenvalue weighted by molar-refractivity contribution is -0.138. The Hall–Kier alpha value is -1.99. The van der Waals surface area contributed by atoms with Gasteiger partial charge in [0, 0.05) is 45.7 Å². The van der Waals surface area contributed by atoms with Crippen molar-refractivity contribution in [1.29, 1.82) is 0 Å². The van der Waals surface area contributed by atoms with E-state index in [1.807, 2.05) is 20.8 Å². The topological polar surface area (TPSA) is 90.4 Å². The molecule has 2 aliphatic rings. The van der Waals surface area contributed by atoms with E-state index in [2.05, 4.69) is 0 Å². The van der Waals surface area contributed by atoms with Crippen LogP contribution < -0.4 is 0 Å². The normalized spacial score (nSPS) is 21.8. The second kappa shape index (κ2) is 7.27. The van der Waals surface area contributed by atoms with Crippen LogP contribution in [0.4, 0.5) is 9.59 Å². The van der Waals surface area contributed by atoms with E-state index in [0.717, 1.165) is 6.42 Å². The molecular weight excluding hydrogens is 314 g/mol. The first-order chi connectivity index (χ1) is 11.2. The Bertz CT molecular complexity index is 494. The fourth-order valence-corrected chi connectivity index (χ4v) is 3.03. The second-order valence-corrected chi connectivity index (χ2v) is 7.44. The number of aliphatic carboxylic acids is 1. The van der Waals surface area contributed by atoms with Gasteiger partial charge in [0.25, 0.3) is 0 Å². The van der Waals surface area contributed by atoms with Gasteiger partial charge in [0.05, 0.1) is 0 Å². The predicted molar refractivity (Wildman–Crippen MR) is 86.7 cm³/mol. The Morgan fingerprint density at radius 1 is 1.00 bits per heavy atom. The first-order valence-electron chi connectivity index (χ1n) is 8.39. The molecule has 3 amide bonds. The van der Waals surface area contributed by atoms with Gasteiger partial charge in [0.15, 0.2) is 0 Å². The molecular formula is C16H27N3O5. The lowest BCUT2D eigenvalue weighted by Crippen LogP contribution is -2.54. The maximum atomic E-state index is 12.5. The number of carbonyl (C=O) groups is 3. The number of carboxylic acids is 1. The first-order valence-corrected chi connectivity index (χ1v) is 8.39. The Morgan fingerprint density at radius 2 is 1.58 bits per heavy atom. The average Bonchev–Trinajstić information content (AvgIpc) is 2.92. The highest BCUT2D eigenvalue weighted by atomic mass is 16.6. The average molecular weight is 341 g/mol. The number of ether oxygens (including phenoxy) is 1. The number of rotatable bonds is 2. The van der Waals surface area contributed by atoms with E-state index in [1.165, 1.54) is 0 Å². The fourth-order valence-electron chi connectivity index (χ4n) is 3.03. The molecule has 2 aliphatic heterocycles. The molecule has 2 fully saturated rings. The van der Waals surface area contributed by atoms with Gasteiger partial charge in [0.2, 0.25) is 0 Å². The van der Waals surface area contributed by atoms with Crippen molar-refractivity contribution in [2.75, 3.05) is 39.3 Å². The molecule has 8 nitrogen and oxygen atoms in total. The van der Waals surface area contributed by atoms with Crippen LogP contribution in [0.15, 0.2) is 0 Å². The number of hydrogen-bond acceptors (Lipinski definition) is 4. The summed E-state index contributed by atoms with van der Waals surface area (Å²) < 4.78 is 5.34. The maximum absolute atomic E-state index is 12.5. The lowest BCUT2D eigenvalue weighted by atomic mass is 10.1. The smallest absolute Gasteiger partial charge is 0.410 e. The monoisotopic (exact) mass is 341 g/mol. The number of carbonyl (C=O) groups excluding carboxylic acids is 2. The summed E-state index contributed by atoms with van der Waals surface area (Å²) in [6.07, 6.45) is 0.490. The lowest BCUT2D eigenvalue weighted by Gasteiger charge is -2.37. The zero-order valence-corrected chi connectivity index (χ0v) is 14.7. The SMILES string of the molecule is CC(C)(C)OC(=O)N1CCN(C(=O)N2CCC(CC(=O)O)C2)CC1. The van der Waals surface area contributed by atoms with Crippen molar-refractivity contribution in [3.8, 4) is 0 Å². The minimum absolute atomic E-state index is 0.0366. The van der Waals surface area contributed by atoms with Gasteiger partial charge in [-0.05, 0) is 33.1 Å². The second-order valence-electron chi connectivity index (χ2n) is 7.44. The largest absolute Gasteiger partial charge is 0.481 e. The van der Waals surface area contributed by atoms with Crippen molar-refractivity contribution in [1.82, 2.24) is 14.7 Å². The molecule has 0 aromatic rings. The molecule has 24 heavy (non-hydrogen) atoms. The van der Waals surface area contributed by atoms with Crippen LogP contribution in [0.25, 0.3) is 0 Å². The van der Waals surface area contributed by atoms with Gasteiger partial charge in [-0.25, -0.2) is 9.59 Å². The molecule has 1 unspecified atom stereocenters. The van der Waals surface area contributed by atoms with Crippen LogP contribution in [0.3, 0.4) is 0 Å². The fraction of sp³-hybridized carbons (Fsp3) is 0.812. The van der Waals surface area contributed by atoms with Crippen LogP contribution in [-0.4, -0.2) is 82.8 Å². The van der Waals surface area contributed by atoms with E-state index in [9.17, 15) is 14.4 Å². The summed E-state index contributed by atoms with van der Waals surface area (Å²) in [5, 5.41) is 8.85. The van der Waals surface area contributed by atoms with E-state index in [0.29, 0.717) is 39.3 Å². The number of amides is 3. The summed E-state index contributed by atoms with van der Waals surface area (Å²) in [6, 6.07) is -0.0632. The van der Waals surface area contributed by atoms with Crippen molar-refractivity contribution in [2.24, 2.45) is 5.92 Å². The van der Waals surface area contributed by atoms with Crippen molar-refractivity contribution in [3.63, 3.8) is 0 Å². The van der Waals surface area contributed by atoms with E-state index in [-0.39, 0.29) is 24.5 Å². The van der Waals surface area contributed by atoms with Crippen LogP contribution in [0.2, 0.25) is 0 Å². The van der Waals surface area contributed by atoms with Crippen molar-refractivity contribution in [2.45, 2.75) is 39.2 Å². The highest BCUT2D eigenvalue weighted by Gasteiger charge is 2.33. The van der Waals surface area contributed by atoms with Gasteiger partial charge in [0.1, 0.15) is 5.60 Å². The van der Waals surface area contributed by atoms with Crippen LogP contribution in [0.5, 0.6) is 0 Å². The van der Waals surface area contributed by atoms with Crippen LogP contribution in [-0.2, 0) is 9.53 Å². The van der Waals surface area contributed by atoms with E-state index < -0.39 is 11.6 Å². The minimum atomic E-state index is -0.819. The van der Waals surface area contributed by atoms with E-state index in [1.54, 1.807) is 14.7 Å². The third-order valence-electron chi connectivity index (χ3n) is 4.22. The molecule has 0 saturated carbocycles. The summed E-state index contributed by atoms with van der Waals surface area (Å²) >= 11 is 0. The van der Waals surface area contributed by atoms with Crippen molar-refractivity contribution in [3.05, 3.63) is 0 Å². The Morgan fingerprint density at radius 3 is 2.12 bits per heavy atom. The highest BCUT2D eigenvalue weighted by Crippen LogP contribution is 2.21. The van der Waals surface area contributed by atoms with Crippen LogP contribution in [0, 0.1) is 5.92 Å². The van der Waals surface area contributed by atoms with Crippen molar-refractivity contribution < 1.29 is 24.2 Å². The van der Waals surface area contributed by atoms with Gasteiger partial charge in [-0.1, -0.05) is 0 Å². The quantitative estimate of drug-likeness (QED) is 0.821. The molecule has 2 saturated heterocycles. The van der Waals surface area contributed by atoms with Crippen molar-refractivity contribution >= 4 is 18.1 Å². The Kier molecular flexibility index (Phi) is 5.56. The first kappa shape index (κ1) is 18.4. The van der Waals surface area contributed by atoms with Gasteiger partial charge < -0.3 is 24.5 Å². The predicted octanol–water partition coefficient (Wildman–Crippen LogP) is 1.46. The van der Waals surface area contributed by atoms with Crippen LogP contribution >= 0.6 is 0 Å². The number of urea groups is 1. The number of likely N-dealkylation sites (tertiary alicyclic amines) is 1. The van der Waals surface area contributed by atoms with Gasteiger partial charge in [-0.3, -0.25) is 4.79 Å². The molecule has 136 valence electrons. The number of nitrogens with zero attached hydrogens (tertiary/aromatic N) is 3. The van der Waals surface area contributed by atoms with E-state index >= 15 is 0 Å². The summed E-state index contributed by atoms with van der Waals surface area (Å²) in [5.41, 5.74) is -0.529. The van der Waals surface area contributed by atoms with Gasteiger partial charge in [-0.2, -0.15) is 0 Å². The molecule has 8 heteroatoms. The molecule has 0 aromatic heterocycles. The summed E-state index contributed by atoms with van der Waals surface area (Å²) in [5.74, 6) is -0.783. The number of piperazine rings is 1. The standard InChI is InChI=1S/C16H27N3O5/c1-16(2,3)24-15(23)18-8-6-17(7-9-18)14(22)19-5-4-12(11-19)10-13(20)21/h12H,4-11H2,1-3H3,(H,20,21). The van der Waals surface area contributed by atoms with Gasteiger partial charge >= 0.3 is 18.1 Å². The molecule has 0 bridgehead atoms. The van der Waals surface area contributed by atoms with Crippen LogP contribution in [0.1, 0.15) is 33.6 Å². The third kappa shape index (κ3) is 5.01. The minimum Gasteiger partial charge on any atom is -0.481 e. The Labute approximate surface area is 142 Å². The Balaban J connectivity index is 1.79.